The second kappa shape index (κ2) is 8.37. The number of carbonyl (C=O) groups excluding carboxylic acids is 3. The van der Waals surface area contributed by atoms with Crippen LogP contribution in [-0.4, -0.2) is 24.3 Å². The Morgan fingerprint density at radius 2 is 1.90 bits per heavy atom. The van der Waals surface area contributed by atoms with Gasteiger partial charge >= 0.3 is 0 Å². The van der Waals surface area contributed by atoms with Crippen LogP contribution in [0, 0.1) is 5.92 Å². The molecule has 1 atom stereocenters. The number of thiophene rings is 1. The Morgan fingerprint density at radius 1 is 1.14 bits per heavy atom. The largest absolute Gasteiger partial charge is 0.312 e. The fourth-order valence-corrected chi connectivity index (χ4v) is 5.12. The maximum absolute atomic E-state index is 12.5. The lowest BCUT2D eigenvalue weighted by molar-refractivity contribution is -0.117. The molecule has 2 N–H and O–H groups in total. The highest BCUT2D eigenvalue weighted by molar-refractivity contribution is 7.14. The van der Waals surface area contributed by atoms with Crippen molar-refractivity contribution < 1.29 is 14.4 Å². The standard InChI is InChI=1S/C22H25N3O3S/c1-2-14-5-10-18-16(12-14)13-19(29-18)22(28)24-23-21(27)15-6-8-17(9-7-15)25-11-3-4-20(25)26/h6-9,13-14H,2-5,10-12H2,1H3,(H,23,27)(H,24,28)/t14-/m1/s1. The Balaban J connectivity index is 1.34. The Hall–Kier alpha value is -2.67. The highest BCUT2D eigenvalue weighted by Gasteiger charge is 2.23. The molecule has 1 saturated heterocycles. The van der Waals surface area contributed by atoms with E-state index in [0.717, 1.165) is 31.4 Å². The molecule has 29 heavy (non-hydrogen) atoms. The van der Waals surface area contributed by atoms with Gasteiger partial charge in [0.05, 0.1) is 4.88 Å². The lowest BCUT2D eigenvalue weighted by atomic mass is 9.87. The van der Waals surface area contributed by atoms with Crippen LogP contribution in [0.5, 0.6) is 0 Å². The fraction of sp³-hybridized carbons (Fsp3) is 0.409. The number of hydrogen-bond donors (Lipinski definition) is 2. The zero-order valence-corrected chi connectivity index (χ0v) is 17.3. The van der Waals surface area contributed by atoms with Crippen molar-refractivity contribution in [3.63, 3.8) is 0 Å². The number of fused-ring (bicyclic) bond motifs is 1. The average Bonchev–Trinajstić information content (AvgIpc) is 3.37. The quantitative estimate of drug-likeness (QED) is 0.757. The first kappa shape index (κ1) is 19.6. The molecule has 0 bridgehead atoms. The number of aryl methyl sites for hydroxylation is 1. The monoisotopic (exact) mass is 411 g/mol. The summed E-state index contributed by atoms with van der Waals surface area (Å²) in [6, 6.07) is 8.81. The Morgan fingerprint density at radius 3 is 2.59 bits per heavy atom. The van der Waals surface area contributed by atoms with E-state index < -0.39 is 0 Å². The fourth-order valence-electron chi connectivity index (χ4n) is 4.02. The van der Waals surface area contributed by atoms with Gasteiger partial charge in [0, 0.05) is 29.1 Å². The van der Waals surface area contributed by atoms with Gasteiger partial charge in [-0.2, -0.15) is 0 Å². The number of amides is 3. The number of hydrogen-bond acceptors (Lipinski definition) is 4. The van der Waals surface area contributed by atoms with Gasteiger partial charge < -0.3 is 4.90 Å². The number of carbonyl (C=O) groups is 3. The molecule has 2 aliphatic rings. The smallest absolute Gasteiger partial charge is 0.279 e. The minimum absolute atomic E-state index is 0.110. The number of anilines is 1. The van der Waals surface area contributed by atoms with E-state index in [0.29, 0.717) is 29.3 Å². The van der Waals surface area contributed by atoms with Gasteiger partial charge in [0.1, 0.15) is 0 Å². The summed E-state index contributed by atoms with van der Waals surface area (Å²) in [5.74, 6) is 0.139. The van der Waals surface area contributed by atoms with Gasteiger partial charge in [-0.25, -0.2) is 0 Å². The molecule has 2 heterocycles. The molecule has 4 rings (SSSR count). The SMILES string of the molecule is CC[C@@H]1CCc2sc(C(=O)NNC(=O)c3ccc(N4CCCC4=O)cc3)cc2C1. The van der Waals surface area contributed by atoms with Crippen LogP contribution in [0.2, 0.25) is 0 Å². The van der Waals surface area contributed by atoms with E-state index >= 15 is 0 Å². The van der Waals surface area contributed by atoms with Gasteiger partial charge in [-0.3, -0.25) is 25.2 Å². The predicted molar refractivity (Wildman–Crippen MR) is 113 cm³/mol. The number of rotatable bonds is 4. The lowest BCUT2D eigenvalue weighted by Gasteiger charge is -2.19. The summed E-state index contributed by atoms with van der Waals surface area (Å²) in [7, 11) is 0. The second-order valence-corrected chi connectivity index (χ2v) is 8.82. The van der Waals surface area contributed by atoms with Crippen LogP contribution in [0.25, 0.3) is 0 Å². The highest BCUT2D eigenvalue weighted by atomic mass is 32.1. The molecular formula is C22H25N3O3S. The second-order valence-electron chi connectivity index (χ2n) is 7.68. The third kappa shape index (κ3) is 4.19. The van der Waals surface area contributed by atoms with E-state index in [4.69, 9.17) is 0 Å². The van der Waals surface area contributed by atoms with Crippen molar-refractivity contribution in [3.05, 3.63) is 51.2 Å². The minimum Gasteiger partial charge on any atom is -0.312 e. The maximum atomic E-state index is 12.5. The van der Waals surface area contributed by atoms with Gasteiger partial charge in [-0.05, 0) is 67.5 Å². The average molecular weight is 412 g/mol. The van der Waals surface area contributed by atoms with E-state index in [9.17, 15) is 14.4 Å². The van der Waals surface area contributed by atoms with Crippen molar-refractivity contribution in [3.8, 4) is 0 Å². The zero-order valence-electron chi connectivity index (χ0n) is 16.5. The first-order valence-corrected chi connectivity index (χ1v) is 11.0. The summed E-state index contributed by atoms with van der Waals surface area (Å²) >= 11 is 1.52. The first-order valence-electron chi connectivity index (χ1n) is 10.2. The third-order valence-corrected chi connectivity index (χ3v) is 7.03. The maximum Gasteiger partial charge on any atom is 0.279 e. The Kier molecular flexibility index (Phi) is 5.67. The van der Waals surface area contributed by atoms with Crippen LogP contribution in [0.1, 0.15) is 63.1 Å². The molecule has 1 fully saturated rings. The molecule has 1 aromatic carbocycles. The van der Waals surface area contributed by atoms with E-state index in [2.05, 4.69) is 17.8 Å². The molecular weight excluding hydrogens is 386 g/mol. The molecule has 1 aliphatic heterocycles. The number of benzene rings is 1. The molecule has 3 amide bonds. The van der Waals surface area contributed by atoms with E-state index in [-0.39, 0.29) is 17.7 Å². The molecule has 1 aliphatic carbocycles. The van der Waals surface area contributed by atoms with Crippen molar-refractivity contribution in [2.75, 3.05) is 11.4 Å². The molecule has 6 nitrogen and oxygen atoms in total. The van der Waals surface area contributed by atoms with Gasteiger partial charge in [0.15, 0.2) is 0 Å². The Bertz CT molecular complexity index is 935. The van der Waals surface area contributed by atoms with E-state index in [1.807, 2.05) is 6.07 Å². The van der Waals surface area contributed by atoms with Crippen LogP contribution < -0.4 is 15.8 Å². The highest BCUT2D eigenvalue weighted by Crippen LogP contribution is 2.33. The first-order chi connectivity index (χ1) is 14.0. The van der Waals surface area contributed by atoms with Crippen molar-refractivity contribution in [1.82, 2.24) is 10.9 Å². The van der Waals surface area contributed by atoms with Crippen LogP contribution in [-0.2, 0) is 17.6 Å². The summed E-state index contributed by atoms with van der Waals surface area (Å²) in [5, 5.41) is 0. The van der Waals surface area contributed by atoms with Crippen molar-refractivity contribution in [2.24, 2.45) is 5.92 Å². The molecule has 0 spiro atoms. The summed E-state index contributed by atoms with van der Waals surface area (Å²) in [6.45, 7) is 2.92. The summed E-state index contributed by atoms with van der Waals surface area (Å²) in [6.07, 6.45) is 5.84. The summed E-state index contributed by atoms with van der Waals surface area (Å²) < 4.78 is 0. The number of nitrogens with one attached hydrogen (secondary N) is 2. The normalized spacial score (nSPS) is 18.4. The molecule has 0 unspecified atom stereocenters. The molecule has 1 aromatic heterocycles. The van der Waals surface area contributed by atoms with Crippen LogP contribution in [0.4, 0.5) is 5.69 Å². The van der Waals surface area contributed by atoms with E-state index in [1.54, 1.807) is 29.2 Å². The molecule has 0 saturated carbocycles. The van der Waals surface area contributed by atoms with Gasteiger partial charge in [-0.1, -0.05) is 13.3 Å². The van der Waals surface area contributed by atoms with Crippen LogP contribution in [0.15, 0.2) is 30.3 Å². The van der Waals surface area contributed by atoms with Gasteiger partial charge in [-0.15, -0.1) is 11.3 Å². The van der Waals surface area contributed by atoms with Gasteiger partial charge in [0.25, 0.3) is 11.8 Å². The van der Waals surface area contributed by atoms with Crippen molar-refractivity contribution in [1.29, 1.82) is 0 Å². The van der Waals surface area contributed by atoms with Crippen LogP contribution >= 0.6 is 11.3 Å². The number of hydrazine groups is 1. The third-order valence-electron chi connectivity index (χ3n) is 5.79. The van der Waals surface area contributed by atoms with E-state index in [1.165, 1.54) is 28.2 Å². The topological polar surface area (TPSA) is 78.5 Å². The zero-order chi connectivity index (χ0) is 20.4. The van der Waals surface area contributed by atoms with Crippen LogP contribution in [0.3, 0.4) is 0 Å². The molecule has 0 radical (unpaired) electrons. The summed E-state index contributed by atoms with van der Waals surface area (Å²) in [4.78, 5) is 40.3. The van der Waals surface area contributed by atoms with Crippen molar-refractivity contribution >= 4 is 34.7 Å². The predicted octanol–water partition coefficient (Wildman–Crippen LogP) is 3.46. The van der Waals surface area contributed by atoms with Gasteiger partial charge in [0.2, 0.25) is 5.91 Å². The molecule has 2 aromatic rings. The van der Waals surface area contributed by atoms with Crippen molar-refractivity contribution in [2.45, 2.75) is 45.4 Å². The molecule has 152 valence electrons. The number of nitrogens with zero attached hydrogens (tertiary/aromatic N) is 1. The minimum atomic E-state index is -0.384. The Labute approximate surface area is 174 Å². The lowest BCUT2D eigenvalue weighted by Crippen LogP contribution is -2.41. The molecule has 7 heteroatoms. The summed E-state index contributed by atoms with van der Waals surface area (Å²) in [5.41, 5.74) is 7.50.